The molecule has 1 nitrogen and oxygen atoms in total. The highest BCUT2D eigenvalue weighted by molar-refractivity contribution is 7.99. The van der Waals surface area contributed by atoms with Gasteiger partial charge in [0.1, 0.15) is 0 Å². The van der Waals surface area contributed by atoms with E-state index in [2.05, 4.69) is 26.1 Å². The van der Waals surface area contributed by atoms with Crippen LogP contribution in [0.3, 0.4) is 0 Å². The maximum Gasteiger partial charge on any atom is 0.248 e. The van der Waals surface area contributed by atoms with Gasteiger partial charge in [0.25, 0.3) is 0 Å². The second kappa shape index (κ2) is 7.68. The SMILES string of the molecule is CCCNC(CSC(C)C)CC1CCC(F)(F)C1. The van der Waals surface area contributed by atoms with Gasteiger partial charge in [-0.15, -0.1) is 0 Å². The molecule has 4 heteroatoms. The van der Waals surface area contributed by atoms with Crippen molar-refractivity contribution < 1.29 is 8.78 Å². The molecule has 0 heterocycles. The molecule has 0 radical (unpaired) electrons. The Kier molecular flexibility index (Phi) is 6.93. The largest absolute Gasteiger partial charge is 0.313 e. The third-order valence-electron chi connectivity index (χ3n) is 3.44. The van der Waals surface area contributed by atoms with Crippen molar-refractivity contribution in [1.82, 2.24) is 5.32 Å². The van der Waals surface area contributed by atoms with Crippen LogP contribution in [0.4, 0.5) is 8.78 Å². The van der Waals surface area contributed by atoms with Gasteiger partial charge in [0.05, 0.1) is 0 Å². The predicted molar refractivity (Wildman–Crippen MR) is 76.6 cm³/mol. The fraction of sp³-hybridized carbons (Fsp3) is 1.00. The second-order valence-electron chi connectivity index (χ2n) is 5.73. The van der Waals surface area contributed by atoms with Gasteiger partial charge in [-0.1, -0.05) is 20.8 Å². The van der Waals surface area contributed by atoms with Gasteiger partial charge in [-0.2, -0.15) is 11.8 Å². The lowest BCUT2D eigenvalue weighted by atomic mass is 9.99. The summed E-state index contributed by atoms with van der Waals surface area (Å²) in [6, 6.07) is 0.399. The first kappa shape index (κ1) is 16.2. The minimum atomic E-state index is -2.40. The van der Waals surface area contributed by atoms with Crippen molar-refractivity contribution in [3.63, 3.8) is 0 Å². The van der Waals surface area contributed by atoms with Gasteiger partial charge in [0.15, 0.2) is 0 Å². The van der Waals surface area contributed by atoms with Crippen LogP contribution in [0.25, 0.3) is 0 Å². The van der Waals surface area contributed by atoms with Gasteiger partial charge in [-0.25, -0.2) is 8.78 Å². The number of rotatable bonds is 8. The monoisotopic (exact) mass is 279 g/mol. The minimum absolute atomic E-state index is 0.0927. The first-order valence-corrected chi connectivity index (χ1v) is 8.20. The van der Waals surface area contributed by atoms with E-state index in [1.54, 1.807) is 0 Å². The molecule has 1 aliphatic carbocycles. The van der Waals surface area contributed by atoms with E-state index in [0.717, 1.165) is 25.1 Å². The molecule has 0 saturated heterocycles. The summed E-state index contributed by atoms with van der Waals surface area (Å²) >= 11 is 1.92. The molecule has 1 rings (SSSR count). The van der Waals surface area contributed by atoms with E-state index in [4.69, 9.17) is 0 Å². The van der Waals surface area contributed by atoms with Crippen molar-refractivity contribution in [3.05, 3.63) is 0 Å². The van der Waals surface area contributed by atoms with Crippen LogP contribution >= 0.6 is 11.8 Å². The summed E-state index contributed by atoms with van der Waals surface area (Å²) in [7, 11) is 0. The zero-order chi connectivity index (χ0) is 13.6. The van der Waals surface area contributed by atoms with Crippen molar-refractivity contribution in [2.45, 2.75) is 70.1 Å². The molecule has 18 heavy (non-hydrogen) atoms. The van der Waals surface area contributed by atoms with E-state index < -0.39 is 5.92 Å². The van der Waals surface area contributed by atoms with E-state index in [0.29, 0.717) is 17.7 Å². The summed E-state index contributed by atoms with van der Waals surface area (Å²) in [4.78, 5) is 0. The van der Waals surface area contributed by atoms with Crippen LogP contribution in [-0.4, -0.2) is 29.5 Å². The van der Waals surface area contributed by atoms with Crippen LogP contribution in [-0.2, 0) is 0 Å². The van der Waals surface area contributed by atoms with Crippen LogP contribution < -0.4 is 5.32 Å². The molecule has 0 aromatic rings. The number of alkyl halides is 2. The van der Waals surface area contributed by atoms with Crippen molar-refractivity contribution in [2.75, 3.05) is 12.3 Å². The Morgan fingerprint density at radius 3 is 2.61 bits per heavy atom. The number of nitrogens with one attached hydrogen (secondary N) is 1. The highest BCUT2D eigenvalue weighted by Gasteiger charge is 2.39. The van der Waals surface area contributed by atoms with E-state index in [1.165, 1.54) is 0 Å². The topological polar surface area (TPSA) is 12.0 Å². The van der Waals surface area contributed by atoms with Crippen LogP contribution in [0.5, 0.6) is 0 Å². The summed E-state index contributed by atoms with van der Waals surface area (Å²) < 4.78 is 26.4. The van der Waals surface area contributed by atoms with Crippen LogP contribution in [0, 0.1) is 5.92 Å². The lowest BCUT2D eigenvalue weighted by Crippen LogP contribution is -2.34. The average Bonchev–Trinajstić information content (AvgIpc) is 2.62. The van der Waals surface area contributed by atoms with Gasteiger partial charge in [0.2, 0.25) is 5.92 Å². The number of hydrogen-bond donors (Lipinski definition) is 1. The average molecular weight is 279 g/mol. The molecule has 1 saturated carbocycles. The van der Waals surface area contributed by atoms with E-state index >= 15 is 0 Å². The number of thioether (sulfide) groups is 1. The second-order valence-corrected chi connectivity index (χ2v) is 7.34. The highest BCUT2D eigenvalue weighted by Crippen LogP contribution is 2.41. The third-order valence-corrected chi connectivity index (χ3v) is 4.70. The fourth-order valence-electron chi connectivity index (χ4n) is 2.51. The molecule has 2 unspecified atom stereocenters. The van der Waals surface area contributed by atoms with Gasteiger partial charge in [-0.05, 0) is 37.0 Å². The molecule has 0 aromatic heterocycles. The molecular formula is C14H27F2NS. The lowest BCUT2D eigenvalue weighted by Gasteiger charge is -2.22. The molecule has 1 fully saturated rings. The Morgan fingerprint density at radius 2 is 2.11 bits per heavy atom. The predicted octanol–water partition coefficient (Wildman–Crippen LogP) is 4.32. The molecule has 0 bridgehead atoms. The smallest absolute Gasteiger partial charge is 0.248 e. The van der Waals surface area contributed by atoms with Crippen molar-refractivity contribution in [3.8, 4) is 0 Å². The summed E-state index contributed by atoms with van der Waals surface area (Å²) in [5, 5.41) is 4.13. The zero-order valence-electron chi connectivity index (χ0n) is 11.8. The van der Waals surface area contributed by atoms with Gasteiger partial charge < -0.3 is 5.32 Å². The summed E-state index contributed by atoms with van der Waals surface area (Å²) in [5.41, 5.74) is 0. The molecule has 1 N–H and O–H groups in total. The van der Waals surface area contributed by atoms with Gasteiger partial charge in [0, 0.05) is 24.6 Å². The summed E-state index contributed by atoms with van der Waals surface area (Å²) in [6.07, 6.45) is 2.90. The Balaban J connectivity index is 2.35. The molecule has 2 atom stereocenters. The van der Waals surface area contributed by atoms with E-state index in [1.807, 2.05) is 11.8 Å². The van der Waals surface area contributed by atoms with Crippen LogP contribution in [0.15, 0.2) is 0 Å². The molecule has 0 aromatic carbocycles. The maximum atomic E-state index is 13.2. The summed E-state index contributed by atoms with van der Waals surface area (Å²) in [5.74, 6) is -1.15. The molecule has 1 aliphatic rings. The molecule has 0 amide bonds. The number of hydrogen-bond acceptors (Lipinski definition) is 2. The van der Waals surface area contributed by atoms with E-state index in [9.17, 15) is 8.78 Å². The summed E-state index contributed by atoms with van der Waals surface area (Å²) in [6.45, 7) is 7.51. The van der Waals surface area contributed by atoms with E-state index in [-0.39, 0.29) is 18.8 Å². The standard InChI is InChI=1S/C14H27F2NS/c1-4-7-17-13(10-18-11(2)3)8-12-5-6-14(15,16)9-12/h11-13,17H,4-10H2,1-3H3. The zero-order valence-corrected chi connectivity index (χ0v) is 12.7. The first-order chi connectivity index (χ1) is 8.43. The molecule has 0 aliphatic heterocycles. The highest BCUT2D eigenvalue weighted by atomic mass is 32.2. The van der Waals surface area contributed by atoms with Crippen LogP contribution in [0.2, 0.25) is 0 Å². The maximum absolute atomic E-state index is 13.2. The number of halogens is 2. The molecule has 0 spiro atoms. The van der Waals surface area contributed by atoms with Gasteiger partial charge >= 0.3 is 0 Å². The molecule has 108 valence electrons. The minimum Gasteiger partial charge on any atom is -0.313 e. The Morgan fingerprint density at radius 1 is 1.39 bits per heavy atom. The van der Waals surface area contributed by atoms with Crippen molar-refractivity contribution >= 4 is 11.8 Å². The Labute approximate surface area is 114 Å². The quantitative estimate of drug-likeness (QED) is 0.710. The first-order valence-electron chi connectivity index (χ1n) is 7.15. The normalized spacial score (nSPS) is 24.7. The van der Waals surface area contributed by atoms with Gasteiger partial charge in [-0.3, -0.25) is 0 Å². The molecular weight excluding hydrogens is 252 g/mol. The lowest BCUT2D eigenvalue weighted by molar-refractivity contribution is 0.00442. The van der Waals surface area contributed by atoms with Crippen LogP contribution in [0.1, 0.15) is 52.9 Å². The Bertz CT molecular complexity index is 234. The third kappa shape index (κ3) is 6.37. The Hall–Kier alpha value is 0.170. The van der Waals surface area contributed by atoms with Crippen molar-refractivity contribution in [2.24, 2.45) is 5.92 Å². The fourth-order valence-corrected chi connectivity index (χ4v) is 3.38. The van der Waals surface area contributed by atoms with Crippen molar-refractivity contribution in [1.29, 1.82) is 0 Å².